The van der Waals surface area contributed by atoms with E-state index in [1.54, 1.807) is 6.92 Å². The summed E-state index contributed by atoms with van der Waals surface area (Å²) in [7, 11) is 0. The van der Waals surface area contributed by atoms with Gasteiger partial charge in [-0.2, -0.15) is 0 Å². The van der Waals surface area contributed by atoms with Crippen molar-refractivity contribution >= 4 is 29.4 Å². The fourth-order valence-corrected chi connectivity index (χ4v) is 3.03. The molecule has 1 unspecified atom stereocenters. The van der Waals surface area contributed by atoms with Crippen molar-refractivity contribution in [2.45, 2.75) is 32.4 Å². The summed E-state index contributed by atoms with van der Waals surface area (Å²) in [5, 5.41) is 5.60. The molecular formula is C19H22ClN5O2. The molecule has 8 heteroatoms. The minimum Gasteiger partial charge on any atom is -0.350 e. The Bertz CT molecular complexity index is 809. The molecule has 7 nitrogen and oxygen atoms in total. The van der Waals surface area contributed by atoms with Crippen LogP contribution < -0.4 is 15.5 Å². The molecule has 2 aromatic rings. The van der Waals surface area contributed by atoms with Crippen LogP contribution in [-0.2, 0) is 11.3 Å². The third-order valence-corrected chi connectivity index (χ3v) is 4.66. The molecule has 0 aliphatic carbocycles. The quantitative estimate of drug-likeness (QED) is 0.793. The summed E-state index contributed by atoms with van der Waals surface area (Å²) in [4.78, 5) is 35.3. The van der Waals surface area contributed by atoms with E-state index in [0.29, 0.717) is 12.5 Å². The smallest absolute Gasteiger partial charge is 0.272 e. The largest absolute Gasteiger partial charge is 0.350 e. The second-order valence-corrected chi connectivity index (χ2v) is 6.87. The van der Waals surface area contributed by atoms with E-state index in [1.807, 2.05) is 35.2 Å². The molecule has 2 N–H and O–H groups in total. The number of benzene rings is 1. The second kappa shape index (κ2) is 8.81. The highest BCUT2D eigenvalue weighted by atomic mass is 35.5. The lowest BCUT2D eigenvalue weighted by atomic mass is 10.2. The summed E-state index contributed by atoms with van der Waals surface area (Å²) >= 11 is 6.10. The zero-order valence-electron chi connectivity index (χ0n) is 15.1. The maximum absolute atomic E-state index is 12.5. The average Bonchev–Trinajstić information content (AvgIpc) is 3.22. The molecule has 2 heterocycles. The Labute approximate surface area is 163 Å². The monoisotopic (exact) mass is 387 g/mol. The number of amides is 2. The van der Waals surface area contributed by atoms with Gasteiger partial charge in [0.15, 0.2) is 5.69 Å². The van der Waals surface area contributed by atoms with E-state index < -0.39 is 11.9 Å². The van der Waals surface area contributed by atoms with Crippen LogP contribution >= 0.6 is 11.6 Å². The van der Waals surface area contributed by atoms with Gasteiger partial charge in [0, 0.05) is 19.6 Å². The highest BCUT2D eigenvalue weighted by molar-refractivity contribution is 6.33. The number of halogens is 1. The van der Waals surface area contributed by atoms with Crippen LogP contribution in [0.3, 0.4) is 0 Å². The van der Waals surface area contributed by atoms with E-state index >= 15 is 0 Å². The molecule has 0 spiro atoms. The maximum Gasteiger partial charge on any atom is 0.272 e. The van der Waals surface area contributed by atoms with Crippen molar-refractivity contribution in [1.29, 1.82) is 0 Å². The van der Waals surface area contributed by atoms with Gasteiger partial charge in [0.25, 0.3) is 5.91 Å². The summed E-state index contributed by atoms with van der Waals surface area (Å²) in [6.07, 6.45) is 3.58. The molecule has 0 bridgehead atoms. The minimum absolute atomic E-state index is 0.0799. The van der Waals surface area contributed by atoms with Crippen LogP contribution in [0, 0.1) is 0 Å². The Morgan fingerprint density at radius 2 is 1.93 bits per heavy atom. The summed E-state index contributed by atoms with van der Waals surface area (Å²) in [5.74, 6) is -0.286. The Hall–Kier alpha value is -2.67. The fraction of sp³-hybridized carbons (Fsp3) is 0.368. The Balaban J connectivity index is 1.60. The van der Waals surface area contributed by atoms with Gasteiger partial charge in [-0.3, -0.25) is 9.59 Å². The van der Waals surface area contributed by atoms with Crippen molar-refractivity contribution in [3.05, 3.63) is 52.8 Å². The number of nitrogens with one attached hydrogen (secondary N) is 2. The van der Waals surface area contributed by atoms with Crippen LogP contribution in [0.1, 0.15) is 35.8 Å². The molecule has 1 aromatic carbocycles. The predicted octanol–water partition coefficient (Wildman–Crippen LogP) is 2.16. The van der Waals surface area contributed by atoms with E-state index in [9.17, 15) is 9.59 Å². The SMILES string of the molecule is CC(NC(=O)c1nc(N2CCCC2)ncc1Cl)C(=O)NCc1ccccc1. The molecule has 27 heavy (non-hydrogen) atoms. The number of hydrogen-bond acceptors (Lipinski definition) is 5. The van der Waals surface area contributed by atoms with Crippen molar-refractivity contribution in [1.82, 2.24) is 20.6 Å². The molecule has 142 valence electrons. The molecule has 1 saturated heterocycles. The first-order chi connectivity index (χ1) is 13.0. The summed E-state index contributed by atoms with van der Waals surface area (Å²) < 4.78 is 0. The zero-order valence-corrected chi connectivity index (χ0v) is 15.9. The first-order valence-corrected chi connectivity index (χ1v) is 9.32. The first-order valence-electron chi connectivity index (χ1n) is 8.94. The number of nitrogens with zero attached hydrogens (tertiary/aromatic N) is 3. The number of anilines is 1. The molecule has 3 rings (SSSR count). The van der Waals surface area contributed by atoms with Gasteiger partial charge < -0.3 is 15.5 Å². The van der Waals surface area contributed by atoms with Crippen molar-refractivity contribution in [3.8, 4) is 0 Å². The van der Waals surface area contributed by atoms with Gasteiger partial charge in [-0.15, -0.1) is 0 Å². The van der Waals surface area contributed by atoms with E-state index in [1.165, 1.54) is 6.20 Å². The van der Waals surface area contributed by atoms with Gasteiger partial charge in [-0.05, 0) is 25.3 Å². The van der Waals surface area contributed by atoms with Gasteiger partial charge >= 0.3 is 0 Å². The average molecular weight is 388 g/mol. The molecule has 1 fully saturated rings. The Kier molecular flexibility index (Phi) is 6.24. The maximum atomic E-state index is 12.5. The fourth-order valence-electron chi connectivity index (χ4n) is 2.86. The standard InChI is InChI=1S/C19H22ClN5O2/c1-13(17(26)21-11-14-7-3-2-4-8-14)23-18(27)16-15(20)12-22-19(24-16)25-9-5-6-10-25/h2-4,7-8,12-13H,5-6,9-11H2,1H3,(H,21,26)(H,23,27). The lowest BCUT2D eigenvalue weighted by molar-refractivity contribution is -0.122. The van der Waals surface area contributed by atoms with Gasteiger partial charge in [0.1, 0.15) is 6.04 Å². The highest BCUT2D eigenvalue weighted by Gasteiger charge is 2.22. The van der Waals surface area contributed by atoms with E-state index in [-0.39, 0.29) is 16.6 Å². The van der Waals surface area contributed by atoms with Crippen molar-refractivity contribution in [3.63, 3.8) is 0 Å². The molecule has 1 aromatic heterocycles. The Morgan fingerprint density at radius 1 is 1.22 bits per heavy atom. The summed E-state index contributed by atoms with van der Waals surface area (Å²) in [6.45, 7) is 3.74. The normalized spacial score (nSPS) is 14.7. The predicted molar refractivity (Wildman–Crippen MR) is 104 cm³/mol. The van der Waals surface area contributed by atoms with Gasteiger partial charge in [-0.1, -0.05) is 41.9 Å². The summed E-state index contributed by atoms with van der Waals surface area (Å²) in [6, 6.07) is 8.84. The number of hydrogen-bond donors (Lipinski definition) is 2. The molecular weight excluding hydrogens is 366 g/mol. The number of carbonyl (C=O) groups is 2. The third-order valence-electron chi connectivity index (χ3n) is 4.39. The van der Waals surface area contributed by atoms with Crippen LogP contribution in [0.5, 0.6) is 0 Å². The van der Waals surface area contributed by atoms with Crippen molar-refractivity contribution in [2.75, 3.05) is 18.0 Å². The zero-order chi connectivity index (χ0) is 19.2. The second-order valence-electron chi connectivity index (χ2n) is 6.46. The molecule has 0 radical (unpaired) electrons. The number of rotatable bonds is 6. The van der Waals surface area contributed by atoms with Crippen LogP contribution in [0.2, 0.25) is 5.02 Å². The molecule has 1 aliphatic rings. The Morgan fingerprint density at radius 3 is 2.63 bits per heavy atom. The number of carbonyl (C=O) groups excluding carboxylic acids is 2. The van der Waals surface area contributed by atoms with Gasteiger partial charge in [0.05, 0.1) is 11.2 Å². The molecule has 2 amide bonds. The molecule has 0 saturated carbocycles. The molecule has 1 aliphatic heterocycles. The van der Waals surface area contributed by atoms with Crippen LogP contribution in [0.15, 0.2) is 36.5 Å². The van der Waals surface area contributed by atoms with Crippen molar-refractivity contribution < 1.29 is 9.59 Å². The third kappa shape index (κ3) is 4.95. The van der Waals surface area contributed by atoms with E-state index in [2.05, 4.69) is 20.6 Å². The number of aromatic nitrogens is 2. The minimum atomic E-state index is -0.720. The van der Waals surface area contributed by atoms with Crippen LogP contribution in [-0.4, -0.2) is 40.9 Å². The van der Waals surface area contributed by atoms with Crippen LogP contribution in [0.25, 0.3) is 0 Å². The highest BCUT2D eigenvalue weighted by Crippen LogP contribution is 2.19. The topological polar surface area (TPSA) is 87.2 Å². The van der Waals surface area contributed by atoms with Crippen molar-refractivity contribution in [2.24, 2.45) is 0 Å². The van der Waals surface area contributed by atoms with Gasteiger partial charge in [-0.25, -0.2) is 9.97 Å². The van der Waals surface area contributed by atoms with E-state index in [0.717, 1.165) is 31.5 Å². The first kappa shape index (κ1) is 19.1. The van der Waals surface area contributed by atoms with E-state index in [4.69, 9.17) is 11.6 Å². The van der Waals surface area contributed by atoms with Gasteiger partial charge in [0.2, 0.25) is 11.9 Å². The van der Waals surface area contributed by atoms with Crippen LogP contribution in [0.4, 0.5) is 5.95 Å². The lowest BCUT2D eigenvalue weighted by Gasteiger charge is -2.17. The summed E-state index contributed by atoms with van der Waals surface area (Å²) in [5.41, 5.74) is 1.06. The lowest BCUT2D eigenvalue weighted by Crippen LogP contribution is -2.45. The molecule has 1 atom stereocenters.